The van der Waals surface area contributed by atoms with E-state index in [0.717, 1.165) is 11.7 Å². The molecule has 0 amide bonds. The molecule has 0 aliphatic heterocycles. The zero-order chi connectivity index (χ0) is 27.7. The van der Waals surface area contributed by atoms with Crippen molar-refractivity contribution in [3.8, 4) is 0 Å². The van der Waals surface area contributed by atoms with E-state index in [0.29, 0.717) is 0 Å². The molecular formula is C32H50FeN4. The van der Waals surface area contributed by atoms with Crippen molar-refractivity contribution < 1.29 is 17.1 Å². The monoisotopic (exact) mass is 546 g/mol. The predicted octanol–water partition coefficient (Wildman–Crippen LogP) is 9.10. The smallest absolute Gasteiger partial charge is 0.462 e. The number of benzene rings is 2. The molecule has 0 N–H and O–H groups in total. The minimum atomic E-state index is 0. The van der Waals surface area contributed by atoms with Crippen molar-refractivity contribution in [2.75, 3.05) is 0 Å². The first-order valence-electron chi connectivity index (χ1n) is 13.4. The van der Waals surface area contributed by atoms with Crippen LogP contribution < -0.4 is 0 Å². The van der Waals surface area contributed by atoms with Crippen molar-refractivity contribution in [2.24, 2.45) is 9.98 Å². The second kappa shape index (κ2) is 16.0. The Balaban J connectivity index is 0.000000682. The minimum Gasteiger partial charge on any atom is -0.462 e. The van der Waals surface area contributed by atoms with Gasteiger partial charge in [0.1, 0.15) is 0 Å². The van der Waals surface area contributed by atoms with Gasteiger partial charge in [0, 0.05) is 0 Å². The van der Waals surface area contributed by atoms with E-state index in [1.54, 1.807) is 0 Å². The van der Waals surface area contributed by atoms with Crippen molar-refractivity contribution >= 4 is 11.7 Å². The molecule has 0 saturated carbocycles. The molecule has 0 atom stereocenters. The number of aryl methyl sites for hydroxylation is 6. The van der Waals surface area contributed by atoms with Crippen LogP contribution in [-0.4, -0.2) is 35.8 Å². The number of amidine groups is 2. The standard InChI is InChI=1S/2C16H25N2.Fe/c2*1-10(2)17-16(18-11(3)4)15-13(6)8-12(5)9-14(15)7;/h2*8-11H,1-7H3;/q2*-1;+2. The summed E-state index contributed by atoms with van der Waals surface area (Å²) in [5.74, 6) is 1.80. The second-order valence-electron chi connectivity index (χ2n) is 11.1. The maximum absolute atomic E-state index is 4.69. The molecular weight excluding hydrogens is 496 g/mol. The molecule has 2 aromatic rings. The predicted molar refractivity (Wildman–Crippen MR) is 162 cm³/mol. The Kier molecular flexibility index (Phi) is 15.1. The minimum absolute atomic E-state index is 0. The van der Waals surface area contributed by atoms with Crippen molar-refractivity contribution in [1.29, 1.82) is 0 Å². The van der Waals surface area contributed by atoms with Gasteiger partial charge in [-0.2, -0.15) is 0 Å². The van der Waals surface area contributed by atoms with Crippen molar-refractivity contribution in [2.45, 2.75) is 121 Å². The van der Waals surface area contributed by atoms with Gasteiger partial charge in [-0.15, -0.1) is 0 Å². The van der Waals surface area contributed by atoms with Crippen LogP contribution in [0.2, 0.25) is 0 Å². The Bertz CT molecular complexity index is 931. The summed E-state index contributed by atoms with van der Waals surface area (Å²) in [4.78, 5) is 9.38. The number of hydrogen-bond donors (Lipinski definition) is 0. The molecule has 5 heteroatoms. The average molecular weight is 547 g/mol. The Morgan fingerprint density at radius 1 is 0.514 bits per heavy atom. The Morgan fingerprint density at radius 3 is 0.946 bits per heavy atom. The summed E-state index contributed by atoms with van der Waals surface area (Å²) >= 11 is 0. The van der Waals surface area contributed by atoms with E-state index in [9.17, 15) is 0 Å². The number of aliphatic imine (C=N–C) groups is 2. The fourth-order valence-corrected chi connectivity index (χ4v) is 4.37. The van der Waals surface area contributed by atoms with Crippen LogP contribution in [0.1, 0.15) is 99.9 Å². The molecule has 0 bridgehead atoms. The van der Waals surface area contributed by atoms with Gasteiger partial charge in [-0.1, -0.05) is 102 Å². The van der Waals surface area contributed by atoms with Gasteiger partial charge in [0.15, 0.2) is 0 Å². The number of rotatable bonds is 6. The maximum Gasteiger partial charge on any atom is 2.00 e. The van der Waals surface area contributed by atoms with Crippen molar-refractivity contribution in [1.82, 2.24) is 0 Å². The fourth-order valence-electron chi connectivity index (χ4n) is 4.37. The molecule has 0 aliphatic rings. The zero-order valence-electron chi connectivity index (χ0n) is 25.8. The number of nitrogens with zero attached hydrogens (tertiary/aromatic N) is 4. The van der Waals surface area contributed by atoms with Crippen LogP contribution in [0.25, 0.3) is 10.6 Å². The second-order valence-corrected chi connectivity index (χ2v) is 11.1. The van der Waals surface area contributed by atoms with E-state index >= 15 is 0 Å². The van der Waals surface area contributed by atoms with Crippen LogP contribution >= 0.6 is 0 Å². The molecule has 206 valence electrons. The molecule has 0 aromatic heterocycles. The molecule has 37 heavy (non-hydrogen) atoms. The summed E-state index contributed by atoms with van der Waals surface area (Å²) in [7, 11) is 0. The van der Waals surface area contributed by atoms with Gasteiger partial charge in [0.05, 0.1) is 0 Å². The van der Waals surface area contributed by atoms with E-state index in [4.69, 9.17) is 0 Å². The Morgan fingerprint density at radius 2 is 0.757 bits per heavy atom. The van der Waals surface area contributed by atoms with Gasteiger partial charge < -0.3 is 20.6 Å². The molecule has 4 nitrogen and oxygen atoms in total. The fraction of sp³-hybridized carbons (Fsp3) is 0.562. The summed E-state index contributed by atoms with van der Waals surface area (Å²) < 4.78 is 0. The molecule has 0 spiro atoms. The molecule has 0 fully saturated rings. The quantitative estimate of drug-likeness (QED) is 0.197. The summed E-state index contributed by atoms with van der Waals surface area (Å²) in [6, 6.07) is 9.87. The first kappa shape index (κ1) is 34.9. The van der Waals surface area contributed by atoms with Gasteiger partial charge in [0.25, 0.3) is 0 Å². The van der Waals surface area contributed by atoms with Gasteiger partial charge in [0.2, 0.25) is 0 Å². The molecule has 2 aromatic carbocycles. The van der Waals surface area contributed by atoms with Crippen LogP contribution in [0.15, 0.2) is 34.3 Å². The van der Waals surface area contributed by atoms with Gasteiger partial charge in [-0.25, -0.2) is 0 Å². The van der Waals surface area contributed by atoms with Crippen molar-refractivity contribution in [3.63, 3.8) is 0 Å². The van der Waals surface area contributed by atoms with Crippen LogP contribution in [0, 0.1) is 41.5 Å². The summed E-state index contributed by atoms with van der Waals surface area (Å²) in [5.41, 5.74) is 10.0. The van der Waals surface area contributed by atoms with E-state index in [2.05, 4.69) is 142 Å². The van der Waals surface area contributed by atoms with E-state index in [1.807, 2.05) is 0 Å². The first-order valence-corrected chi connectivity index (χ1v) is 13.4. The molecule has 0 aliphatic carbocycles. The normalized spacial score (nSPS) is 12.1. The zero-order valence-corrected chi connectivity index (χ0v) is 26.9. The third-order valence-corrected chi connectivity index (χ3v) is 5.32. The first-order chi connectivity index (χ1) is 16.6. The molecule has 0 saturated heterocycles. The van der Waals surface area contributed by atoms with E-state index in [-0.39, 0.29) is 41.2 Å². The van der Waals surface area contributed by atoms with E-state index in [1.165, 1.54) is 44.5 Å². The topological polar surface area (TPSA) is 52.9 Å². The molecule has 0 radical (unpaired) electrons. The Labute approximate surface area is 238 Å². The molecule has 2 rings (SSSR count). The third-order valence-electron chi connectivity index (χ3n) is 5.32. The molecule has 0 unspecified atom stereocenters. The summed E-state index contributed by atoms with van der Waals surface area (Å²) in [6.45, 7) is 29.6. The van der Waals surface area contributed by atoms with Crippen LogP contribution in [0.3, 0.4) is 0 Å². The van der Waals surface area contributed by atoms with Gasteiger partial charge >= 0.3 is 17.1 Å². The van der Waals surface area contributed by atoms with Crippen LogP contribution in [-0.2, 0) is 17.1 Å². The van der Waals surface area contributed by atoms with Crippen LogP contribution in [0.5, 0.6) is 0 Å². The van der Waals surface area contributed by atoms with Gasteiger partial charge in [-0.3, -0.25) is 0 Å². The largest absolute Gasteiger partial charge is 2.00 e. The third kappa shape index (κ3) is 11.9. The van der Waals surface area contributed by atoms with E-state index < -0.39 is 0 Å². The van der Waals surface area contributed by atoms with Gasteiger partial charge in [-0.05, 0) is 99.1 Å². The summed E-state index contributed by atoms with van der Waals surface area (Å²) in [6.07, 6.45) is 0. The SMILES string of the molecule is Cc1cc(C)c(C(=NC(C)C)[N-]C(C)C)c(C)c1.Cc1cc(C)c(C(=NC(C)C)[N-]C(C)C)c(C)c1.[Fe+2]. The number of hydrogen-bond acceptors (Lipinski definition) is 2. The average Bonchev–Trinajstić information content (AvgIpc) is 2.64. The molecule has 0 heterocycles. The van der Waals surface area contributed by atoms with Crippen LogP contribution in [0.4, 0.5) is 0 Å². The maximum atomic E-state index is 4.69. The Hall–Kier alpha value is -2.10. The summed E-state index contributed by atoms with van der Waals surface area (Å²) in [5, 5.41) is 9.38. The van der Waals surface area contributed by atoms with Crippen molar-refractivity contribution in [3.05, 3.63) is 79.4 Å².